The van der Waals surface area contributed by atoms with Gasteiger partial charge in [-0.2, -0.15) is 0 Å². The van der Waals surface area contributed by atoms with Crippen LogP contribution in [0.3, 0.4) is 0 Å². The molecule has 1 amide bonds. The van der Waals surface area contributed by atoms with E-state index in [0.29, 0.717) is 11.8 Å². The van der Waals surface area contributed by atoms with E-state index in [1.165, 1.54) is 19.3 Å². The Morgan fingerprint density at radius 3 is 2.40 bits per heavy atom. The van der Waals surface area contributed by atoms with Crippen LogP contribution in [0.15, 0.2) is 0 Å². The van der Waals surface area contributed by atoms with Crippen LogP contribution in [0.25, 0.3) is 0 Å². The van der Waals surface area contributed by atoms with E-state index < -0.39 is 0 Å². The minimum absolute atomic E-state index is 0.0176. The Morgan fingerprint density at radius 1 is 1.27 bits per heavy atom. The summed E-state index contributed by atoms with van der Waals surface area (Å²) in [7, 11) is 0. The van der Waals surface area contributed by atoms with Gasteiger partial charge >= 0.3 is 0 Å². The average Bonchev–Trinajstić information content (AvgIpc) is 2.68. The largest absolute Gasteiger partial charge is 0.349 e. The summed E-state index contributed by atoms with van der Waals surface area (Å²) in [4.78, 5) is 23.0. The van der Waals surface area contributed by atoms with Crippen LogP contribution in [0, 0.1) is 23.7 Å². The van der Waals surface area contributed by atoms with Crippen molar-refractivity contribution in [3.63, 3.8) is 0 Å². The maximum absolute atomic E-state index is 11.7. The van der Waals surface area contributed by atoms with Gasteiger partial charge in [0.25, 0.3) is 0 Å². The second-order valence-electron chi connectivity index (χ2n) is 5.12. The van der Waals surface area contributed by atoms with E-state index in [4.69, 9.17) is 0 Å². The highest BCUT2D eigenvalue weighted by molar-refractivity contribution is 5.89. The molecule has 15 heavy (non-hydrogen) atoms. The minimum atomic E-state index is 0.0176. The highest BCUT2D eigenvalue weighted by Crippen LogP contribution is 2.57. The molecule has 0 spiro atoms. The molecule has 0 aromatic carbocycles. The lowest BCUT2D eigenvalue weighted by atomic mass is 10.1. The van der Waals surface area contributed by atoms with Crippen molar-refractivity contribution in [2.75, 3.05) is 6.54 Å². The summed E-state index contributed by atoms with van der Waals surface area (Å²) in [6.07, 6.45) is 3.70. The third kappa shape index (κ3) is 2.06. The number of carbonyl (C=O) groups excluding carboxylic acids is 2. The number of carbonyl (C=O) groups is 2. The Bertz CT molecular complexity index is 275. The molecule has 2 atom stereocenters. The quantitative estimate of drug-likeness (QED) is 0.760. The van der Waals surface area contributed by atoms with E-state index in [1.807, 2.05) is 13.8 Å². The van der Waals surface area contributed by atoms with E-state index in [-0.39, 0.29) is 30.1 Å². The summed E-state index contributed by atoms with van der Waals surface area (Å²) >= 11 is 0. The summed E-state index contributed by atoms with van der Waals surface area (Å²) in [5.74, 6) is 1.76. The molecular formula is C12H19NO2. The number of fused-ring (bicyclic) bond motifs is 1. The van der Waals surface area contributed by atoms with E-state index in [1.54, 1.807) is 0 Å². The lowest BCUT2D eigenvalue weighted by Crippen LogP contribution is -2.33. The summed E-state index contributed by atoms with van der Waals surface area (Å²) < 4.78 is 0. The number of Topliss-reactive ketones (excluding diaryl/α,β-unsaturated/α-hetero) is 1. The van der Waals surface area contributed by atoms with Gasteiger partial charge in [-0.05, 0) is 24.7 Å². The topological polar surface area (TPSA) is 46.2 Å². The van der Waals surface area contributed by atoms with Crippen LogP contribution >= 0.6 is 0 Å². The van der Waals surface area contributed by atoms with Crippen molar-refractivity contribution >= 4 is 11.7 Å². The zero-order valence-corrected chi connectivity index (χ0v) is 9.45. The molecule has 0 aromatic rings. The van der Waals surface area contributed by atoms with Gasteiger partial charge in [0.05, 0.1) is 6.54 Å². The lowest BCUT2D eigenvalue weighted by Gasteiger charge is -2.07. The van der Waals surface area contributed by atoms with Gasteiger partial charge in [-0.1, -0.05) is 20.3 Å². The molecule has 2 rings (SSSR count). The second kappa shape index (κ2) is 3.95. The van der Waals surface area contributed by atoms with Gasteiger partial charge in [-0.15, -0.1) is 0 Å². The molecule has 84 valence electrons. The molecule has 0 aliphatic heterocycles. The monoisotopic (exact) mass is 209 g/mol. The zero-order valence-electron chi connectivity index (χ0n) is 9.45. The maximum Gasteiger partial charge on any atom is 0.224 e. The van der Waals surface area contributed by atoms with Crippen LogP contribution in [0.5, 0.6) is 0 Å². The number of hydrogen-bond acceptors (Lipinski definition) is 2. The SMILES string of the molecule is CC(C)C(=O)CNC(=O)C1C2CCCC21. The van der Waals surface area contributed by atoms with Gasteiger partial charge < -0.3 is 5.32 Å². The van der Waals surface area contributed by atoms with Crippen molar-refractivity contribution in [3.05, 3.63) is 0 Å². The van der Waals surface area contributed by atoms with E-state index >= 15 is 0 Å². The summed E-state index contributed by atoms with van der Waals surface area (Å²) in [5, 5.41) is 2.77. The molecule has 3 nitrogen and oxygen atoms in total. The minimum Gasteiger partial charge on any atom is -0.349 e. The number of amides is 1. The third-order valence-corrected chi connectivity index (χ3v) is 3.79. The van der Waals surface area contributed by atoms with E-state index in [9.17, 15) is 9.59 Å². The predicted molar refractivity (Wildman–Crippen MR) is 57.2 cm³/mol. The fourth-order valence-electron chi connectivity index (χ4n) is 2.71. The summed E-state index contributed by atoms with van der Waals surface area (Å²) in [6.45, 7) is 3.94. The van der Waals surface area contributed by atoms with Crippen molar-refractivity contribution in [2.24, 2.45) is 23.7 Å². The Labute approximate surface area is 90.6 Å². The van der Waals surface area contributed by atoms with Crippen molar-refractivity contribution in [2.45, 2.75) is 33.1 Å². The molecule has 0 saturated heterocycles. The van der Waals surface area contributed by atoms with Crippen molar-refractivity contribution < 1.29 is 9.59 Å². The Morgan fingerprint density at radius 2 is 1.87 bits per heavy atom. The molecule has 0 radical (unpaired) electrons. The first-order valence-electron chi connectivity index (χ1n) is 5.91. The number of rotatable bonds is 4. The highest BCUT2D eigenvalue weighted by atomic mass is 16.2. The van der Waals surface area contributed by atoms with Crippen molar-refractivity contribution in [1.82, 2.24) is 5.32 Å². The molecule has 1 N–H and O–H groups in total. The standard InChI is InChI=1S/C12H19NO2/c1-7(2)10(14)6-13-12(15)11-8-4-3-5-9(8)11/h7-9,11H,3-6H2,1-2H3,(H,13,15). The lowest BCUT2D eigenvalue weighted by molar-refractivity contribution is -0.127. The molecule has 2 unspecified atom stereocenters. The molecule has 2 aliphatic carbocycles. The van der Waals surface area contributed by atoms with Crippen LogP contribution < -0.4 is 5.32 Å². The van der Waals surface area contributed by atoms with Crippen LogP contribution in [-0.4, -0.2) is 18.2 Å². The fraction of sp³-hybridized carbons (Fsp3) is 0.833. The normalized spacial score (nSPS) is 32.6. The molecule has 2 aliphatic rings. The molecule has 3 heteroatoms. The number of nitrogens with one attached hydrogen (secondary N) is 1. The van der Waals surface area contributed by atoms with Crippen LogP contribution in [0.2, 0.25) is 0 Å². The van der Waals surface area contributed by atoms with Gasteiger partial charge in [0.1, 0.15) is 0 Å². The smallest absolute Gasteiger partial charge is 0.224 e. The van der Waals surface area contributed by atoms with Gasteiger partial charge in [0, 0.05) is 11.8 Å². The zero-order chi connectivity index (χ0) is 11.0. The Kier molecular flexibility index (Phi) is 2.81. The predicted octanol–water partition coefficient (Wildman–Crippen LogP) is 1.37. The summed E-state index contributed by atoms with van der Waals surface area (Å²) in [5.41, 5.74) is 0. The van der Waals surface area contributed by atoms with E-state index in [0.717, 1.165) is 0 Å². The first kappa shape index (κ1) is 10.7. The number of ketones is 1. The Hall–Kier alpha value is -0.860. The average molecular weight is 209 g/mol. The van der Waals surface area contributed by atoms with Gasteiger partial charge in [-0.3, -0.25) is 9.59 Å². The third-order valence-electron chi connectivity index (χ3n) is 3.79. The first-order chi connectivity index (χ1) is 7.11. The van der Waals surface area contributed by atoms with Crippen LogP contribution in [-0.2, 0) is 9.59 Å². The molecule has 0 aromatic heterocycles. The van der Waals surface area contributed by atoms with Crippen LogP contribution in [0.1, 0.15) is 33.1 Å². The molecule has 0 bridgehead atoms. The maximum atomic E-state index is 11.7. The highest BCUT2D eigenvalue weighted by Gasteiger charge is 2.56. The molecule has 2 saturated carbocycles. The van der Waals surface area contributed by atoms with Crippen molar-refractivity contribution in [3.8, 4) is 0 Å². The second-order valence-corrected chi connectivity index (χ2v) is 5.12. The van der Waals surface area contributed by atoms with Crippen molar-refractivity contribution in [1.29, 1.82) is 0 Å². The molecule has 0 heterocycles. The van der Waals surface area contributed by atoms with Gasteiger partial charge in [0.2, 0.25) is 5.91 Å². The Balaban J connectivity index is 1.72. The van der Waals surface area contributed by atoms with Gasteiger partial charge in [0.15, 0.2) is 5.78 Å². The number of hydrogen-bond donors (Lipinski definition) is 1. The van der Waals surface area contributed by atoms with Crippen LogP contribution in [0.4, 0.5) is 0 Å². The fourth-order valence-corrected chi connectivity index (χ4v) is 2.71. The van der Waals surface area contributed by atoms with E-state index in [2.05, 4.69) is 5.32 Å². The van der Waals surface area contributed by atoms with Gasteiger partial charge in [-0.25, -0.2) is 0 Å². The first-order valence-corrected chi connectivity index (χ1v) is 5.91. The molecule has 2 fully saturated rings. The molecular weight excluding hydrogens is 190 g/mol. The summed E-state index contributed by atoms with van der Waals surface area (Å²) in [6, 6.07) is 0.